The number of nitrogens with one attached hydrogen (secondary N) is 1. The molecule has 0 amide bonds. The summed E-state index contributed by atoms with van der Waals surface area (Å²) in [5.41, 5.74) is 7.80. The summed E-state index contributed by atoms with van der Waals surface area (Å²) in [5.74, 6) is 0.598. The Kier molecular flexibility index (Phi) is 1.96. The van der Waals surface area contributed by atoms with Crippen molar-refractivity contribution in [3.63, 3.8) is 0 Å². The smallest absolute Gasteiger partial charge is 0.248 e. The van der Waals surface area contributed by atoms with Gasteiger partial charge in [0.05, 0.1) is 0 Å². The summed E-state index contributed by atoms with van der Waals surface area (Å²) in [6, 6.07) is 3.63. The molecule has 1 aliphatic rings. The minimum Gasteiger partial charge on any atom is -0.326 e. The van der Waals surface area contributed by atoms with E-state index in [9.17, 15) is 4.79 Å². The van der Waals surface area contributed by atoms with Gasteiger partial charge in [0.2, 0.25) is 5.56 Å². The van der Waals surface area contributed by atoms with Gasteiger partial charge < -0.3 is 10.7 Å². The molecule has 1 aromatic rings. The monoisotopic (exact) mass is 178 g/mol. The van der Waals surface area contributed by atoms with Gasteiger partial charge in [0.15, 0.2) is 0 Å². The lowest BCUT2D eigenvalue weighted by molar-refractivity contribution is 0.631. The standard InChI is InChI=1S/C10H14N2O/c1-6-4-8(5-9(13)12-6)10(11)7-2-3-7/h4-5,7,10H,2-3,11H2,1H3,(H,12,13). The van der Waals surface area contributed by atoms with Crippen LogP contribution in [-0.2, 0) is 0 Å². The molecule has 0 aliphatic heterocycles. The van der Waals surface area contributed by atoms with Gasteiger partial charge in [0.25, 0.3) is 0 Å². The van der Waals surface area contributed by atoms with Crippen LogP contribution >= 0.6 is 0 Å². The number of aromatic amines is 1. The molecule has 0 radical (unpaired) electrons. The Hall–Kier alpha value is -1.09. The Bertz CT molecular complexity index is 365. The van der Waals surface area contributed by atoms with Crippen molar-refractivity contribution in [2.45, 2.75) is 25.8 Å². The zero-order valence-electron chi connectivity index (χ0n) is 7.71. The van der Waals surface area contributed by atoms with Crippen LogP contribution in [0.4, 0.5) is 0 Å². The van der Waals surface area contributed by atoms with Crippen LogP contribution in [0.15, 0.2) is 16.9 Å². The van der Waals surface area contributed by atoms with Crippen molar-refractivity contribution < 1.29 is 0 Å². The summed E-state index contributed by atoms with van der Waals surface area (Å²) in [4.78, 5) is 13.9. The van der Waals surface area contributed by atoms with E-state index < -0.39 is 0 Å². The number of rotatable bonds is 2. The molecule has 0 spiro atoms. The number of aromatic nitrogens is 1. The molecule has 0 saturated heterocycles. The van der Waals surface area contributed by atoms with E-state index in [-0.39, 0.29) is 11.6 Å². The molecule has 70 valence electrons. The average molecular weight is 178 g/mol. The first-order valence-corrected chi connectivity index (χ1v) is 4.63. The fourth-order valence-electron chi connectivity index (χ4n) is 1.63. The molecule has 1 heterocycles. The van der Waals surface area contributed by atoms with Crippen LogP contribution in [0, 0.1) is 12.8 Å². The third kappa shape index (κ3) is 1.80. The summed E-state index contributed by atoms with van der Waals surface area (Å²) in [5, 5.41) is 0. The van der Waals surface area contributed by atoms with Gasteiger partial charge in [-0.3, -0.25) is 4.79 Å². The lowest BCUT2D eigenvalue weighted by atomic mass is 10.0. The number of nitrogens with two attached hydrogens (primary N) is 1. The highest BCUT2D eigenvalue weighted by molar-refractivity contribution is 5.21. The average Bonchev–Trinajstić information content (AvgIpc) is 2.83. The lowest BCUT2D eigenvalue weighted by Crippen LogP contribution is -2.17. The molecule has 0 aromatic carbocycles. The van der Waals surface area contributed by atoms with Gasteiger partial charge in [-0.25, -0.2) is 0 Å². The lowest BCUT2D eigenvalue weighted by Gasteiger charge is -2.10. The maximum Gasteiger partial charge on any atom is 0.248 e. The van der Waals surface area contributed by atoms with Crippen LogP contribution in [0.5, 0.6) is 0 Å². The third-order valence-corrected chi connectivity index (χ3v) is 2.52. The number of hydrogen-bond acceptors (Lipinski definition) is 2. The SMILES string of the molecule is Cc1cc(C(N)C2CC2)cc(=O)[nH]1. The fraction of sp³-hybridized carbons (Fsp3) is 0.500. The van der Waals surface area contributed by atoms with E-state index in [2.05, 4.69) is 4.98 Å². The van der Waals surface area contributed by atoms with E-state index in [1.54, 1.807) is 6.07 Å². The normalized spacial score (nSPS) is 18.6. The van der Waals surface area contributed by atoms with Gasteiger partial charge >= 0.3 is 0 Å². The molecule has 1 aromatic heterocycles. The van der Waals surface area contributed by atoms with Gasteiger partial charge in [0, 0.05) is 17.8 Å². The second kappa shape index (κ2) is 3.00. The summed E-state index contributed by atoms with van der Waals surface area (Å²) in [6.07, 6.45) is 2.40. The molecule has 1 aliphatic carbocycles. The van der Waals surface area contributed by atoms with E-state index in [1.165, 1.54) is 12.8 Å². The van der Waals surface area contributed by atoms with Crippen LogP contribution in [-0.4, -0.2) is 4.98 Å². The van der Waals surface area contributed by atoms with Crippen molar-refractivity contribution in [1.29, 1.82) is 0 Å². The quantitative estimate of drug-likeness (QED) is 0.712. The highest BCUT2D eigenvalue weighted by Gasteiger charge is 2.29. The van der Waals surface area contributed by atoms with Gasteiger partial charge in [0.1, 0.15) is 0 Å². The number of H-pyrrole nitrogens is 1. The summed E-state index contributed by atoms with van der Waals surface area (Å²) in [6.45, 7) is 1.88. The van der Waals surface area contributed by atoms with E-state index >= 15 is 0 Å². The van der Waals surface area contributed by atoms with Crippen LogP contribution in [0.1, 0.15) is 30.1 Å². The molecule has 1 fully saturated rings. The van der Waals surface area contributed by atoms with Gasteiger partial charge in [-0.05, 0) is 37.3 Å². The predicted molar refractivity (Wildman–Crippen MR) is 51.5 cm³/mol. The first kappa shape index (κ1) is 8.51. The summed E-state index contributed by atoms with van der Waals surface area (Å²) >= 11 is 0. The second-order valence-corrected chi connectivity index (χ2v) is 3.82. The fourth-order valence-corrected chi connectivity index (χ4v) is 1.63. The van der Waals surface area contributed by atoms with E-state index in [4.69, 9.17) is 5.73 Å². The van der Waals surface area contributed by atoms with Gasteiger partial charge in [-0.1, -0.05) is 0 Å². The van der Waals surface area contributed by atoms with Crippen LogP contribution < -0.4 is 11.3 Å². The zero-order valence-corrected chi connectivity index (χ0v) is 7.71. The van der Waals surface area contributed by atoms with Crippen LogP contribution in [0.2, 0.25) is 0 Å². The maximum absolute atomic E-state index is 11.1. The molecule has 2 rings (SSSR count). The Morgan fingerprint density at radius 1 is 1.54 bits per heavy atom. The minimum atomic E-state index is -0.0499. The van der Waals surface area contributed by atoms with E-state index in [0.717, 1.165) is 11.3 Å². The number of pyridine rings is 1. The summed E-state index contributed by atoms with van der Waals surface area (Å²) < 4.78 is 0. The van der Waals surface area contributed by atoms with Crippen molar-refractivity contribution >= 4 is 0 Å². The van der Waals surface area contributed by atoms with Crippen molar-refractivity contribution in [3.8, 4) is 0 Å². The van der Waals surface area contributed by atoms with Crippen molar-refractivity contribution in [2.24, 2.45) is 11.7 Å². The van der Waals surface area contributed by atoms with Crippen molar-refractivity contribution in [2.75, 3.05) is 0 Å². The van der Waals surface area contributed by atoms with Gasteiger partial charge in [-0.15, -0.1) is 0 Å². The predicted octanol–water partition coefficient (Wildman–Crippen LogP) is 1.09. The third-order valence-electron chi connectivity index (χ3n) is 2.52. The first-order chi connectivity index (χ1) is 6.16. The van der Waals surface area contributed by atoms with Crippen LogP contribution in [0.25, 0.3) is 0 Å². The molecular weight excluding hydrogens is 164 g/mol. The highest BCUT2D eigenvalue weighted by Crippen LogP contribution is 2.38. The van der Waals surface area contributed by atoms with Crippen molar-refractivity contribution in [1.82, 2.24) is 4.98 Å². The number of aryl methyl sites for hydroxylation is 1. The molecule has 1 atom stereocenters. The minimum absolute atomic E-state index is 0.0499. The molecule has 1 saturated carbocycles. The highest BCUT2D eigenvalue weighted by atomic mass is 16.1. The van der Waals surface area contributed by atoms with Gasteiger partial charge in [-0.2, -0.15) is 0 Å². The Labute approximate surface area is 77.0 Å². The maximum atomic E-state index is 11.1. The molecule has 3 nitrogen and oxygen atoms in total. The first-order valence-electron chi connectivity index (χ1n) is 4.63. The molecule has 1 unspecified atom stereocenters. The molecular formula is C10H14N2O. The van der Waals surface area contributed by atoms with Crippen LogP contribution in [0.3, 0.4) is 0 Å². The Morgan fingerprint density at radius 2 is 2.23 bits per heavy atom. The Balaban J connectivity index is 2.33. The second-order valence-electron chi connectivity index (χ2n) is 3.82. The Morgan fingerprint density at radius 3 is 2.77 bits per heavy atom. The molecule has 13 heavy (non-hydrogen) atoms. The van der Waals surface area contributed by atoms with E-state index in [1.807, 2.05) is 13.0 Å². The molecule has 0 bridgehead atoms. The van der Waals surface area contributed by atoms with E-state index in [0.29, 0.717) is 5.92 Å². The summed E-state index contributed by atoms with van der Waals surface area (Å²) in [7, 11) is 0. The molecule has 3 N–H and O–H groups in total. The molecule has 3 heteroatoms. The van der Waals surface area contributed by atoms with Crippen molar-refractivity contribution in [3.05, 3.63) is 33.7 Å². The topological polar surface area (TPSA) is 58.9 Å². The zero-order chi connectivity index (χ0) is 9.42. The largest absolute Gasteiger partial charge is 0.326 e. The number of hydrogen-bond donors (Lipinski definition) is 2.